The average molecular weight is 500 g/mol. The highest BCUT2D eigenvalue weighted by Gasteiger charge is 2.19. The maximum Gasteiger partial charge on any atom is 0.128 e. The molecule has 0 atom stereocenters. The molecule has 186 valence electrons. The van der Waals surface area contributed by atoms with Crippen molar-refractivity contribution in [3.05, 3.63) is 84.8 Å². The van der Waals surface area contributed by atoms with Crippen LogP contribution < -0.4 is 4.90 Å². The van der Waals surface area contributed by atoms with Crippen LogP contribution in [0.2, 0.25) is 0 Å². The van der Waals surface area contributed by atoms with Crippen molar-refractivity contribution in [1.82, 2.24) is 34.3 Å². The number of rotatable bonds is 4. The molecule has 0 unspecified atom stereocenters. The van der Waals surface area contributed by atoms with Gasteiger partial charge in [-0.3, -0.25) is 14.6 Å². The van der Waals surface area contributed by atoms with Crippen LogP contribution in [0.3, 0.4) is 0 Å². The molecule has 6 heterocycles. The third-order valence-electron chi connectivity index (χ3n) is 6.74. The van der Waals surface area contributed by atoms with Gasteiger partial charge in [0, 0.05) is 92.0 Å². The molecular weight excluding hydrogens is 474 g/mol. The van der Waals surface area contributed by atoms with E-state index >= 15 is 0 Å². The zero-order chi connectivity index (χ0) is 25.9. The number of pyridine rings is 3. The number of hydrogen-bond donors (Lipinski definition) is 0. The molecular formula is C29H25N9. The van der Waals surface area contributed by atoms with E-state index in [0.717, 1.165) is 71.9 Å². The molecule has 0 amide bonds. The molecule has 0 aromatic carbocycles. The van der Waals surface area contributed by atoms with Crippen molar-refractivity contribution in [2.24, 2.45) is 7.05 Å². The van der Waals surface area contributed by atoms with Crippen molar-refractivity contribution in [2.75, 3.05) is 37.6 Å². The molecule has 0 bridgehead atoms. The first-order chi connectivity index (χ1) is 18.7. The maximum absolute atomic E-state index is 9.68. The zero-order valence-corrected chi connectivity index (χ0v) is 21.0. The Morgan fingerprint density at radius 2 is 1.74 bits per heavy atom. The van der Waals surface area contributed by atoms with E-state index in [0.29, 0.717) is 5.56 Å². The van der Waals surface area contributed by atoms with Crippen molar-refractivity contribution < 1.29 is 0 Å². The number of anilines is 1. The van der Waals surface area contributed by atoms with Crippen LogP contribution >= 0.6 is 0 Å². The van der Waals surface area contributed by atoms with Gasteiger partial charge in [0.1, 0.15) is 11.9 Å². The van der Waals surface area contributed by atoms with E-state index in [4.69, 9.17) is 4.98 Å². The number of piperazine rings is 1. The number of aryl methyl sites for hydroxylation is 1. The van der Waals surface area contributed by atoms with Gasteiger partial charge in [-0.25, -0.2) is 9.50 Å². The Labute approximate surface area is 220 Å². The summed E-state index contributed by atoms with van der Waals surface area (Å²) in [5.74, 6) is 7.42. The summed E-state index contributed by atoms with van der Waals surface area (Å²) in [5, 5.41) is 18.4. The van der Waals surface area contributed by atoms with Crippen LogP contribution in [-0.2, 0) is 7.05 Å². The Balaban J connectivity index is 1.19. The number of aromatic nitrogens is 6. The second-order valence-corrected chi connectivity index (χ2v) is 9.21. The van der Waals surface area contributed by atoms with Gasteiger partial charge in [0.05, 0.1) is 30.0 Å². The quantitative estimate of drug-likeness (QED) is 0.351. The molecule has 9 nitrogen and oxygen atoms in total. The lowest BCUT2D eigenvalue weighted by Gasteiger charge is -2.34. The Morgan fingerprint density at radius 1 is 0.895 bits per heavy atom. The number of hydrogen-bond acceptors (Lipinski definition) is 7. The second-order valence-electron chi connectivity index (χ2n) is 9.21. The zero-order valence-electron chi connectivity index (χ0n) is 21.0. The van der Waals surface area contributed by atoms with E-state index in [1.165, 1.54) is 0 Å². The Kier molecular flexibility index (Phi) is 6.27. The van der Waals surface area contributed by atoms with E-state index in [9.17, 15) is 5.26 Å². The lowest BCUT2D eigenvalue weighted by Crippen LogP contribution is -2.46. The maximum atomic E-state index is 9.68. The van der Waals surface area contributed by atoms with Crippen molar-refractivity contribution in [3.8, 4) is 40.2 Å². The van der Waals surface area contributed by atoms with Gasteiger partial charge in [-0.05, 0) is 30.3 Å². The summed E-state index contributed by atoms with van der Waals surface area (Å²) in [6.07, 6.45) is 12.7. The third-order valence-corrected chi connectivity index (χ3v) is 6.74. The third kappa shape index (κ3) is 4.71. The highest BCUT2D eigenvalue weighted by atomic mass is 15.3. The monoisotopic (exact) mass is 499 g/mol. The number of fused-ring (bicyclic) bond motifs is 1. The summed E-state index contributed by atoms with van der Waals surface area (Å²) in [4.78, 5) is 13.5. The fourth-order valence-electron chi connectivity index (χ4n) is 4.71. The first-order valence-corrected chi connectivity index (χ1v) is 12.4. The summed E-state index contributed by atoms with van der Waals surface area (Å²) in [6, 6.07) is 12.3. The molecule has 6 rings (SSSR count). The van der Waals surface area contributed by atoms with Crippen molar-refractivity contribution >= 4 is 11.3 Å². The van der Waals surface area contributed by atoms with Gasteiger partial charge >= 0.3 is 0 Å². The molecule has 9 heteroatoms. The number of nitriles is 1. The summed E-state index contributed by atoms with van der Waals surface area (Å²) >= 11 is 0. The lowest BCUT2D eigenvalue weighted by atomic mass is 10.0. The van der Waals surface area contributed by atoms with Crippen LogP contribution in [0.1, 0.15) is 11.1 Å². The Hall–Kier alpha value is -4.99. The minimum atomic E-state index is 0.532. The van der Waals surface area contributed by atoms with E-state index < -0.39 is 0 Å². The van der Waals surface area contributed by atoms with Crippen LogP contribution in [0, 0.1) is 23.2 Å². The first-order valence-electron chi connectivity index (χ1n) is 12.4. The molecule has 5 aromatic heterocycles. The normalized spacial score (nSPS) is 13.7. The first kappa shape index (κ1) is 23.4. The van der Waals surface area contributed by atoms with E-state index in [1.54, 1.807) is 27.8 Å². The van der Waals surface area contributed by atoms with Crippen LogP contribution in [0.4, 0.5) is 5.82 Å². The molecule has 0 radical (unpaired) electrons. The molecule has 5 aromatic rings. The molecule has 38 heavy (non-hydrogen) atoms. The van der Waals surface area contributed by atoms with Gasteiger partial charge in [0.25, 0.3) is 0 Å². The lowest BCUT2D eigenvalue weighted by molar-refractivity contribution is 0.287. The van der Waals surface area contributed by atoms with Gasteiger partial charge < -0.3 is 4.90 Å². The van der Waals surface area contributed by atoms with E-state index in [1.807, 2.05) is 44.0 Å². The van der Waals surface area contributed by atoms with Crippen LogP contribution in [-0.4, -0.2) is 67.0 Å². The highest BCUT2D eigenvalue weighted by molar-refractivity contribution is 5.87. The van der Waals surface area contributed by atoms with Gasteiger partial charge in [-0.1, -0.05) is 11.8 Å². The molecule has 1 aliphatic heterocycles. The summed E-state index contributed by atoms with van der Waals surface area (Å²) < 4.78 is 3.54. The molecule has 0 aliphatic carbocycles. The Bertz CT molecular complexity index is 1670. The van der Waals surface area contributed by atoms with Gasteiger partial charge in [0.15, 0.2) is 0 Å². The van der Waals surface area contributed by atoms with Crippen LogP contribution in [0.25, 0.3) is 27.8 Å². The topological polar surface area (TPSA) is 91.2 Å². The van der Waals surface area contributed by atoms with Crippen LogP contribution in [0.15, 0.2) is 73.7 Å². The second kappa shape index (κ2) is 10.2. The smallest absolute Gasteiger partial charge is 0.128 e. The summed E-state index contributed by atoms with van der Waals surface area (Å²) in [7, 11) is 1.89. The Morgan fingerprint density at radius 3 is 2.45 bits per heavy atom. The van der Waals surface area contributed by atoms with Gasteiger partial charge in [-0.15, -0.1) is 0 Å². The van der Waals surface area contributed by atoms with Crippen molar-refractivity contribution in [2.45, 2.75) is 0 Å². The van der Waals surface area contributed by atoms with E-state index in [-0.39, 0.29) is 0 Å². The van der Waals surface area contributed by atoms with E-state index in [2.05, 4.69) is 61.1 Å². The van der Waals surface area contributed by atoms with Gasteiger partial charge in [-0.2, -0.15) is 15.5 Å². The summed E-state index contributed by atoms with van der Waals surface area (Å²) in [6.45, 7) is 4.40. The standard InChI is InChI=1S/C29H25N9/c1-35-20-26(19-33-35)24-15-27(29-25(16-30)18-34-38(29)21-24)23-4-5-28(32-17-23)37-13-11-36(12-14-37)10-2-3-22-6-8-31-9-7-22/h4-9,15,17-21H,10-14H2,1H3. The fraction of sp³-hybridized carbons (Fsp3) is 0.207. The van der Waals surface area contributed by atoms with Gasteiger partial charge in [0.2, 0.25) is 0 Å². The highest BCUT2D eigenvalue weighted by Crippen LogP contribution is 2.32. The summed E-state index contributed by atoms with van der Waals surface area (Å²) in [5.41, 5.74) is 6.10. The molecule has 0 N–H and O–H groups in total. The number of nitrogens with zero attached hydrogens (tertiary/aromatic N) is 9. The average Bonchev–Trinajstić information content (AvgIpc) is 3.60. The largest absolute Gasteiger partial charge is 0.354 e. The fourth-order valence-corrected chi connectivity index (χ4v) is 4.71. The van der Waals surface area contributed by atoms with Crippen molar-refractivity contribution in [3.63, 3.8) is 0 Å². The molecule has 0 spiro atoms. The predicted molar refractivity (Wildman–Crippen MR) is 145 cm³/mol. The molecule has 1 aliphatic rings. The minimum Gasteiger partial charge on any atom is -0.354 e. The molecule has 1 saturated heterocycles. The predicted octanol–water partition coefficient (Wildman–Crippen LogP) is 3.24. The molecule has 0 saturated carbocycles. The SMILES string of the molecule is Cn1cc(-c2cc(-c3ccc(N4CCN(CC#Cc5ccncc5)CC4)nc3)c3c(C#N)cnn3c2)cn1. The molecule has 1 fully saturated rings. The van der Waals surface area contributed by atoms with Crippen molar-refractivity contribution in [1.29, 1.82) is 5.26 Å². The van der Waals surface area contributed by atoms with Crippen LogP contribution in [0.5, 0.6) is 0 Å². The minimum absolute atomic E-state index is 0.532.